The zero-order valence-electron chi connectivity index (χ0n) is 13.9. The fourth-order valence-electron chi connectivity index (χ4n) is 3.50. The van der Waals surface area contributed by atoms with Gasteiger partial charge in [-0.1, -0.05) is 41.4 Å². The van der Waals surface area contributed by atoms with Crippen LogP contribution in [-0.4, -0.2) is 40.6 Å². The number of carbonyl (C=O) groups is 2. The first-order valence-corrected chi connectivity index (χ1v) is 8.89. The molecule has 4 rings (SSSR count). The minimum absolute atomic E-state index is 0.122. The number of carbonyl (C=O) groups excluding carboxylic acids is 2. The molecular weight excluding hydrogens is 378 g/mol. The van der Waals surface area contributed by atoms with E-state index in [1.807, 2.05) is 18.2 Å². The Morgan fingerprint density at radius 2 is 1.50 bits per heavy atom. The highest BCUT2D eigenvalue weighted by molar-refractivity contribution is 6.32. The molecule has 7 heteroatoms. The standard InChI is InChI=1S/C19H15Cl2FN2O2/c1-19(22)9-23-17(25)16(18(26)24(23)10-19)14-8-12(4-7-15(14)21)11-2-5-13(20)6-3-11/h2-8,16H,9-10H2,1H3. The van der Waals surface area contributed by atoms with Gasteiger partial charge in [-0.25, -0.2) is 14.4 Å². The summed E-state index contributed by atoms with van der Waals surface area (Å²) in [6.07, 6.45) is 0. The van der Waals surface area contributed by atoms with Crippen LogP contribution in [0.3, 0.4) is 0 Å². The van der Waals surface area contributed by atoms with Crippen LogP contribution in [0.2, 0.25) is 10.0 Å². The minimum Gasteiger partial charge on any atom is -0.272 e. The molecule has 2 aromatic carbocycles. The van der Waals surface area contributed by atoms with Crippen LogP contribution in [0.15, 0.2) is 42.5 Å². The number of alkyl halides is 1. The van der Waals surface area contributed by atoms with Crippen LogP contribution in [0, 0.1) is 0 Å². The van der Waals surface area contributed by atoms with Crippen LogP contribution in [0.25, 0.3) is 11.1 Å². The second-order valence-corrected chi connectivity index (χ2v) is 7.72. The van der Waals surface area contributed by atoms with Crippen molar-refractivity contribution in [3.63, 3.8) is 0 Å². The van der Waals surface area contributed by atoms with Gasteiger partial charge in [-0.05, 0) is 47.9 Å². The Morgan fingerprint density at radius 3 is 2.08 bits per heavy atom. The van der Waals surface area contributed by atoms with E-state index in [-0.39, 0.29) is 13.1 Å². The number of rotatable bonds is 2. The normalized spacial score (nSPS) is 19.4. The van der Waals surface area contributed by atoms with Gasteiger partial charge in [0.25, 0.3) is 11.8 Å². The highest BCUT2D eigenvalue weighted by Gasteiger charge is 2.55. The Morgan fingerprint density at radius 1 is 0.962 bits per heavy atom. The average molecular weight is 393 g/mol. The van der Waals surface area contributed by atoms with Crippen molar-refractivity contribution in [3.8, 4) is 11.1 Å². The first-order chi connectivity index (χ1) is 12.3. The topological polar surface area (TPSA) is 40.6 Å². The van der Waals surface area contributed by atoms with E-state index in [1.165, 1.54) is 16.9 Å². The van der Waals surface area contributed by atoms with E-state index in [4.69, 9.17) is 23.2 Å². The fourth-order valence-corrected chi connectivity index (χ4v) is 3.85. The number of amides is 2. The lowest BCUT2D eigenvalue weighted by molar-refractivity contribution is -0.141. The highest BCUT2D eigenvalue weighted by Crippen LogP contribution is 2.40. The van der Waals surface area contributed by atoms with Gasteiger partial charge in [0.05, 0.1) is 13.1 Å². The molecular formula is C19H15Cl2FN2O2. The summed E-state index contributed by atoms with van der Waals surface area (Å²) in [5.74, 6) is -1.91. The quantitative estimate of drug-likeness (QED) is 0.722. The number of hydrazine groups is 1. The summed E-state index contributed by atoms with van der Waals surface area (Å²) in [5, 5.41) is 3.34. The van der Waals surface area contributed by atoms with Crippen molar-refractivity contribution in [3.05, 3.63) is 58.1 Å². The third-order valence-corrected chi connectivity index (χ3v) is 5.33. The molecule has 0 bridgehead atoms. The molecule has 0 unspecified atom stereocenters. The summed E-state index contributed by atoms with van der Waals surface area (Å²) in [4.78, 5) is 25.5. The molecule has 4 nitrogen and oxygen atoms in total. The second-order valence-electron chi connectivity index (χ2n) is 6.88. The lowest BCUT2D eigenvalue weighted by atomic mass is 9.93. The lowest BCUT2D eigenvalue weighted by Crippen LogP contribution is -2.33. The van der Waals surface area contributed by atoms with Crippen LogP contribution in [-0.2, 0) is 9.59 Å². The molecule has 134 valence electrons. The molecule has 0 radical (unpaired) electrons. The SMILES string of the molecule is CC1(F)CN2C(=O)C(c3cc(-c4ccc(Cl)cc4)ccc3Cl)C(=O)N2C1. The first-order valence-electron chi connectivity index (χ1n) is 8.14. The van der Waals surface area contributed by atoms with Crippen molar-refractivity contribution in [2.75, 3.05) is 13.1 Å². The van der Waals surface area contributed by atoms with Gasteiger partial charge >= 0.3 is 0 Å². The molecule has 0 aromatic heterocycles. The molecule has 2 fully saturated rings. The molecule has 2 aromatic rings. The van der Waals surface area contributed by atoms with Gasteiger partial charge in [0, 0.05) is 10.0 Å². The second kappa shape index (κ2) is 5.96. The fraction of sp³-hybridized carbons (Fsp3) is 0.263. The lowest BCUT2D eigenvalue weighted by Gasteiger charge is -2.16. The van der Waals surface area contributed by atoms with Crippen molar-refractivity contribution >= 4 is 35.0 Å². The molecule has 2 aliphatic rings. The van der Waals surface area contributed by atoms with Crippen molar-refractivity contribution in [1.82, 2.24) is 10.0 Å². The van der Waals surface area contributed by atoms with Gasteiger partial charge in [0.2, 0.25) is 0 Å². The van der Waals surface area contributed by atoms with E-state index < -0.39 is 23.4 Å². The van der Waals surface area contributed by atoms with Gasteiger partial charge in [-0.15, -0.1) is 0 Å². The zero-order valence-corrected chi connectivity index (χ0v) is 15.4. The van der Waals surface area contributed by atoms with Crippen molar-refractivity contribution < 1.29 is 14.0 Å². The summed E-state index contributed by atoms with van der Waals surface area (Å²) >= 11 is 12.2. The van der Waals surface area contributed by atoms with E-state index in [0.29, 0.717) is 15.6 Å². The van der Waals surface area contributed by atoms with E-state index >= 15 is 0 Å². The molecule has 2 heterocycles. The number of halogens is 3. The molecule has 0 saturated carbocycles. The Bertz CT molecular complexity index is 888. The van der Waals surface area contributed by atoms with Crippen LogP contribution < -0.4 is 0 Å². The monoisotopic (exact) mass is 392 g/mol. The van der Waals surface area contributed by atoms with Gasteiger partial charge in [0.1, 0.15) is 11.6 Å². The third-order valence-electron chi connectivity index (χ3n) is 4.74. The van der Waals surface area contributed by atoms with E-state index in [2.05, 4.69) is 0 Å². The summed E-state index contributed by atoms with van der Waals surface area (Å²) in [7, 11) is 0. The van der Waals surface area contributed by atoms with Gasteiger partial charge in [-0.3, -0.25) is 9.59 Å². The predicted molar refractivity (Wildman–Crippen MR) is 97.6 cm³/mol. The molecule has 2 saturated heterocycles. The maximum Gasteiger partial charge on any atom is 0.258 e. The van der Waals surface area contributed by atoms with E-state index in [9.17, 15) is 14.0 Å². The van der Waals surface area contributed by atoms with E-state index in [1.54, 1.807) is 24.3 Å². The van der Waals surface area contributed by atoms with Crippen molar-refractivity contribution in [2.24, 2.45) is 0 Å². The van der Waals surface area contributed by atoms with Gasteiger partial charge < -0.3 is 0 Å². The Labute approximate surface area is 160 Å². The third kappa shape index (κ3) is 2.75. The van der Waals surface area contributed by atoms with E-state index in [0.717, 1.165) is 11.1 Å². The Balaban J connectivity index is 1.72. The summed E-state index contributed by atoms with van der Waals surface area (Å²) in [6.45, 7) is 1.14. The number of hydrogen-bond acceptors (Lipinski definition) is 2. The molecule has 0 spiro atoms. The van der Waals surface area contributed by atoms with Crippen LogP contribution in [0.5, 0.6) is 0 Å². The average Bonchev–Trinajstić information content (AvgIpc) is 3.02. The minimum atomic E-state index is -1.59. The number of benzene rings is 2. The van der Waals surface area contributed by atoms with Gasteiger partial charge in [0.15, 0.2) is 0 Å². The maximum atomic E-state index is 14.2. The largest absolute Gasteiger partial charge is 0.272 e. The smallest absolute Gasteiger partial charge is 0.258 e. The number of nitrogens with zero attached hydrogens (tertiary/aromatic N) is 2. The number of hydrogen-bond donors (Lipinski definition) is 0. The summed E-state index contributed by atoms with van der Waals surface area (Å²) in [5.41, 5.74) is 0.552. The summed E-state index contributed by atoms with van der Waals surface area (Å²) < 4.78 is 14.2. The van der Waals surface area contributed by atoms with Crippen LogP contribution >= 0.6 is 23.2 Å². The van der Waals surface area contributed by atoms with Crippen molar-refractivity contribution in [2.45, 2.75) is 18.5 Å². The Hall–Kier alpha value is -2.11. The zero-order chi connectivity index (χ0) is 18.6. The molecule has 26 heavy (non-hydrogen) atoms. The molecule has 2 amide bonds. The first kappa shape index (κ1) is 17.3. The maximum absolute atomic E-state index is 14.2. The van der Waals surface area contributed by atoms with Crippen molar-refractivity contribution in [1.29, 1.82) is 0 Å². The van der Waals surface area contributed by atoms with Crippen LogP contribution in [0.4, 0.5) is 4.39 Å². The van der Waals surface area contributed by atoms with Gasteiger partial charge in [-0.2, -0.15) is 0 Å². The highest BCUT2D eigenvalue weighted by atomic mass is 35.5. The molecule has 0 atom stereocenters. The predicted octanol–water partition coefficient (Wildman–Crippen LogP) is 4.07. The summed E-state index contributed by atoms with van der Waals surface area (Å²) in [6, 6.07) is 12.5. The van der Waals surface area contributed by atoms with Crippen LogP contribution in [0.1, 0.15) is 18.4 Å². The molecule has 2 aliphatic heterocycles. The molecule has 0 aliphatic carbocycles. The molecule has 0 N–H and O–H groups in total. The number of fused-ring (bicyclic) bond motifs is 1. The Kier molecular flexibility index (Phi) is 3.97.